The van der Waals surface area contributed by atoms with E-state index in [1.165, 1.54) is 16.7 Å². The van der Waals surface area contributed by atoms with Gasteiger partial charge in [-0.15, -0.1) is 0 Å². The summed E-state index contributed by atoms with van der Waals surface area (Å²) < 4.78 is 0. The van der Waals surface area contributed by atoms with Crippen molar-refractivity contribution in [1.82, 2.24) is 20.2 Å². The molecule has 0 saturated heterocycles. The number of fused-ring (bicyclic) bond motifs is 2. The number of hydrogen-bond acceptors (Lipinski definition) is 6. The molecule has 188 valence electrons. The van der Waals surface area contributed by atoms with Gasteiger partial charge in [0.05, 0.1) is 17.4 Å². The Balaban J connectivity index is 1.20. The number of aromatic hydroxyl groups is 2. The van der Waals surface area contributed by atoms with Crippen LogP contribution >= 0.6 is 0 Å². The van der Waals surface area contributed by atoms with Gasteiger partial charge in [-0.05, 0) is 60.2 Å². The number of aromatic nitrogens is 2. The van der Waals surface area contributed by atoms with E-state index in [2.05, 4.69) is 45.5 Å². The first kappa shape index (κ1) is 23.6. The first-order valence-corrected chi connectivity index (χ1v) is 13.1. The van der Waals surface area contributed by atoms with E-state index in [0.29, 0.717) is 24.5 Å². The third-order valence-corrected chi connectivity index (χ3v) is 7.55. The van der Waals surface area contributed by atoms with Crippen LogP contribution in [0.4, 0.5) is 0 Å². The van der Waals surface area contributed by atoms with Crippen LogP contribution in [0.3, 0.4) is 0 Å². The maximum atomic E-state index is 10.8. The maximum absolute atomic E-state index is 10.8. The summed E-state index contributed by atoms with van der Waals surface area (Å²) in [6.45, 7) is 2.81. The number of benzene rings is 2. The smallest absolute Gasteiger partial charge is 0.124 e. The lowest BCUT2D eigenvalue weighted by molar-refractivity contribution is 0.155. The number of phenols is 2. The number of pyridine rings is 2. The molecule has 2 aliphatic rings. The standard InChI is InChI=1S/C31H32N4O2/c36-29-15-24(31(37)27-16-26(27)29)20-35(28-8-3-5-23-6-4-14-34-30(23)28)19-22-11-9-21(10-12-22)17-32-18-25-7-1-2-13-33-25/h1-2,4,6-7,9-15,28,32,36-37H,3,5,8,16-20H2. The van der Waals surface area contributed by atoms with Crippen LogP contribution in [0.5, 0.6) is 11.5 Å². The molecular weight excluding hydrogens is 460 g/mol. The van der Waals surface area contributed by atoms with Gasteiger partial charge in [-0.2, -0.15) is 0 Å². The fraction of sp³-hybridized carbons (Fsp3) is 0.290. The number of aryl methyl sites for hydroxylation is 1. The molecule has 0 spiro atoms. The van der Waals surface area contributed by atoms with Gasteiger partial charge in [0.25, 0.3) is 0 Å². The number of hydrogen-bond donors (Lipinski definition) is 3. The molecule has 2 aromatic heterocycles. The van der Waals surface area contributed by atoms with Gasteiger partial charge in [0.2, 0.25) is 0 Å². The minimum Gasteiger partial charge on any atom is -0.508 e. The largest absolute Gasteiger partial charge is 0.508 e. The zero-order valence-electron chi connectivity index (χ0n) is 20.9. The van der Waals surface area contributed by atoms with Gasteiger partial charge in [0.15, 0.2) is 0 Å². The Labute approximate surface area is 217 Å². The normalized spacial score (nSPS) is 15.9. The molecule has 37 heavy (non-hydrogen) atoms. The molecule has 0 radical (unpaired) electrons. The van der Waals surface area contributed by atoms with E-state index in [9.17, 15) is 10.2 Å². The monoisotopic (exact) mass is 492 g/mol. The minimum atomic E-state index is 0.162. The highest BCUT2D eigenvalue weighted by Gasteiger charge is 2.32. The van der Waals surface area contributed by atoms with Crippen LogP contribution in [0.25, 0.3) is 0 Å². The van der Waals surface area contributed by atoms with Crippen molar-refractivity contribution in [2.24, 2.45) is 0 Å². The first-order valence-electron chi connectivity index (χ1n) is 13.1. The fourth-order valence-electron chi connectivity index (χ4n) is 5.51. The summed E-state index contributed by atoms with van der Waals surface area (Å²) in [5, 5.41) is 24.7. The SMILES string of the molecule is Oc1cc(CN(Cc2ccc(CNCc3ccccn3)cc2)C2CCCc3cccnc32)c(O)c2c1C2. The van der Waals surface area contributed by atoms with Crippen LogP contribution in [0.15, 0.2) is 73.1 Å². The molecule has 3 N–H and O–H groups in total. The molecule has 0 bridgehead atoms. The molecule has 2 heterocycles. The van der Waals surface area contributed by atoms with E-state index >= 15 is 0 Å². The van der Waals surface area contributed by atoms with E-state index in [0.717, 1.165) is 67.0 Å². The second-order valence-electron chi connectivity index (χ2n) is 10.1. The highest BCUT2D eigenvalue weighted by atomic mass is 16.3. The Bertz CT molecular complexity index is 1390. The zero-order valence-corrected chi connectivity index (χ0v) is 20.9. The molecule has 6 heteroatoms. The van der Waals surface area contributed by atoms with Gasteiger partial charge in [0.1, 0.15) is 11.5 Å². The van der Waals surface area contributed by atoms with E-state index in [-0.39, 0.29) is 6.04 Å². The molecule has 1 unspecified atom stereocenters. The second kappa shape index (κ2) is 10.3. The predicted molar refractivity (Wildman–Crippen MR) is 143 cm³/mol. The summed E-state index contributed by atoms with van der Waals surface area (Å²) in [6.07, 6.45) is 7.57. The molecule has 0 amide bonds. The minimum absolute atomic E-state index is 0.162. The maximum Gasteiger partial charge on any atom is 0.124 e. The van der Waals surface area contributed by atoms with Crippen molar-refractivity contribution >= 4 is 0 Å². The molecule has 0 aliphatic heterocycles. The molecule has 4 aromatic rings. The molecule has 0 saturated carbocycles. The third-order valence-electron chi connectivity index (χ3n) is 7.55. The van der Waals surface area contributed by atoms with Gasteiger partial charge in [0, 0.05) is 61.7 Å². The Hall–Kier alpha value is -3.74. The van der Waals surface area contributed by atoms with Crippen molar-refractivity contribution in [3.63, 3.8) is 0 Å². The topological polar surface area (TPSA) is 81.5 Å². The van der Waals surface area contributed by atoms with E-state index < -0.39 is 0 Å². The quantitative estimate of drug-likeness (QED) is 0.247. The third kappa shape index (κ3) is 5.22. The van der Waals surface area contributed by atoms with E-state index in [1.807, 2.05) is 36.7 Å². The summed E-state index contributed by atoms with van der Waals surface area (Å²) in [4.78, 5) is 11.5. The van der Waals surface area contributed by atoms with Crippen LogP contribution in [-0.4, -0.2) is 25.1 Å². The molecule has 6 rings (SSSR count). The summed E-state index contributed by atoms with van der Waals surface area (Å²) in [5.74, 6) is 0.636. The molecule has 6 nitrogen and oxygen atoms in total. The highest BCUT2D eigenvalue weighted by Crippen LogP contribution is 2.46. The predicted octanol–water partition coefficient (Wildman–Crippen LogP) is 5.16. The Morgan fingerprint density at radius 3 is 2.54 bits per heavy atom. The zero-order chi connectivity index (χ0) is 25.2. The average Bonchev–Trinajstić information content (AvgIpc) is 3.75. The van der Waals surface area contributed by atoms with Crippen LogP contribution < -0.4 is 5.32 Å². The van der Waals surface area contributed by atoms with E-state index in [4.69, 9.17) is 4.98 Å². The van der Waals surface area contributed by atoms with Crippen molar-refractivity contribution < 1.29 is 10.2 Å². The van der Waals surface area contributed by atoms with Gasteiger partial charge in [-0.25, -0.2) is 0 Å². The lowest BCUT2D eigenvalue weighted by Crippen LogP contribution is -2.31. The van der Waals surface area contributed by atoms with Crippen molar-refractivity contribution in [2.75, 3.05) is 0 Å². The van der Waals surface area contributed by atoms with Gasteiger partial charge in [-0.1, -0.05) is 36.4 Å². The fourth-order valence-corrected chi connectivity index (χ4v) is 5.51. The van der Waals surface area contributed by atoms with Crippen molar-refractivity contribution in [2.45, 2.75) is 57.9 Å². The number of phenolic OH excluding ortho intramolecular Hbond substituents is 2. The molecule has 1 atom stereocenters. The lowest BCUT2D eigenvalue weighted by Gasteiger charge is -2.35. The number of rotatable bonds is 9. The van der Waals surface area contributed by atoms with Gasteiger partial charge >= 0.3 is 0 Å². The van der Waals surface area contributed by atoms with Crippen molar-refractivity contribution in [1.29, 1.82) is 0 Å². The second-order valence-corrected chi connectivity index (χ2v) is 10.1. The number of nitrogens with one attached hydrogen (secondary N) is 1. The Morgan fingerprint density at radius 1 is 0.865 bits per heavy atom. The van der Waals surface area contributed by atoms with Gasteiger partial charge in [-0.3, -0.25) is 14.9 Å². The van der Waals surface area contributed by atoms with Crippen LogP contribution in [-0.2, 0) is 39.0 Å². The Kier molecular flexibility index (Phi) is 6.60. The first-order chi connectivity index (χ1) is 18.2. The highest BCUT2D eigenvalue weighted by molar-refractivity contribution is 5.63. The molecular formula is C31H32N4O2. The lowest BCUT2D eigenvalue weighted by atomic mass is 9.90. The summed E-state index contributed by atoms with van der Waals surface area (Å²) in [6, 6.07) is 20.8. The molecule has 0 fully saturated rings. The molecule has 2 aliphatic carbocycles. The number of nitrogens with zero attached hydrogens (tertiary/aromatic N) is 3. The van der Waals surface area contributed by atoms with Crippen LogP contribution in [0.2, 0.25) is 0 Å². The summed E-state index contributed by atoms with van der Waals surface area (Å²) in [5.41, 5.74) is 8.48. The van der Waals surface area contributed by atoms with Crippen LogP contribution in [0.1, 0.15) is 63.7 Å². The summed E-state index contributed by atoms with van der Waals surface area (Å²) in [7, 11) is 0. The van der Waals surface area contributed by atoms with Gasteiger partial charge < -0.3 is 15.5 Å². The van der Waals surface area contributed by atoms with Crippen molar-refractivity contribution in [3.8, 4) is 11.5 Å². The van der Waals surface area contributed by atoms with E-state index in [1.54, 1.807) is 6.07 Å². The van der Waals surface area contributed by atoms with Crippen molar-refractivity contribution in [3.05, 3.63) is 118 Å². The average molecular weight is 493 g/mol. The Morgan fingerprint density at radius 2 is 1.70 bits per heavy atom. The molecule has 2 aromatic carbocycles. The van der Waals surface area contributed by atoms with Crippen LogP contribution in [0, 0.1) is 0 Å². The summed E-state index contributed by atoms with van der Waals surface area (Å²) >= 11 is 0.